The van der Waals surface area contributed by atoms with Crippen LogP contribution in [0.15, 0.2) is 91.0 Å². The van der Waals surface area contributed by atoms with E-state index in [0.717, 1.165) is 0 Å². The van der Waals surface area contributed by atoms with E-state index in [-0.39, 0.29) is 5.78 Å². The summed E-state index contributed by atoms with van der Waals surface area (Å²) in [5.74, 6) is 2.94. The van der Waals surface area contributed by atoms with E-state index in [2.05, 4.69) is 0 Å². The highest BCUT2D eigenvalue weighted by Crippen LogP contribution is 2.30. The van der Waals surface area contributed by atoms with Gasteiger partial charge in [0.1, 0.15) is 6.04 Å². The molecular weight excluding hydrogens is 354 g/mol. The molecule has 0 radical (unpaired) electrons. The number of nitrogens with one attached hydrogen (secondary N) is 1. The Hall–Kier alpha value is -3.77. The quantitative estimate of drug-likeness (QED) is 0.236. The van der Waals surface area contributed by atoms with Crippen molar-refractivity contribution in [2.75, 3.05) is 4.90 Å². The highest BCUT2D eigenvalue weighted by molar-refractivity contribution is 6.41. The minimum absolute atomic E-state index is 0.311. The molecule has 6 nitrogen and oxygen atoms in total. The maximum atomic E-state index is 13.4. The Balaban J connectivity index is 2.18. The SMILES string of the molecule is NNC(=O)C(=O)N(c1ccccc1)C(C(=O)c1ccccc1)c1ccccc1. The van der Waals surface area contributed by atoms with E-state index in [1.54, 1.807) is 84.9 Å². The van der Waals surface area contributed by atoms with Gasteiger partial charge in [0.15, 0.2) is 5.78 Å². The molecule has 6 heteroatoms. The van der Waals surface area contributed by atoms with Crippen LogP contribution in [0, 0.1) is 0 Å². The third-order valence-corrected chi connectivity index (χ3v) is 4.26. The molecule has 28 heavy (non-hydrogen) atoms. The predicted octanol–water partition coefficient (Wildman–Crippen LogP) is 2.63. The summed E-state index contributed by atoms with van der Waals surface area (Å²) in [5, 5.41) is 0. The third-order valence-electron chi connectivity index (χ3n) is 4.26. The lowest BCUT2D eigenvalue weighted by molar-refractivity contribution is -0.137. The second kappa shape index (κ2) is 8.75. The third kappa shape index (κ3) is 3.97. The first kappa shape index (κ1) is 19.0. The van der Waals surface area contributed by atoms with Crippen LogP contribution in [0.5, 0.6) is 0 Å². The van der Waals surface area contributed by atoms with E-state index < -0.39 is 17.9 Å². The zero-order chi connectivity index (χ0) is 19.9. The standard InChI is InChI=1S/C22H19N3O3/c23-24-21(27)22(28)25(18-14-8-3-9-15-18)19(16-10-4-1-5-11-16)20(26)17-12-6-2-7-13-17/h1-15,19H,23H2,(H,24,27). The highest BCUT2D eigenvalue weighted by Gasteiger charge is 2.35. The lowest BCUT2D eigenvalue weighted by Gasteiger charge is -2.30. The number of hydrazine groups is 1. The van der Waals surface area contributed by atoms with Gasteiger partial charge in [-0.2, -0.15) is 0 Å². The van der Waals surface area contributed by atoms with Gasteiger partial charge < -0.3 is 0 Å². The number of amides is 2. The molecule has 0 saturated heterocycles. The zero-order valence-electron chi connectivity index (χ0n) is 15.0. The van der Waals surface area contributed by atoms with Crippen molar-refractivity contribution in [2.24, 2.45) is 5.84 Å². The molecule has 3 aromatic rings. The fraction of sp³-hybridized carbons (Fsp3) is 0.0455. The Labute approximate surface area is 162 Å². The van der Waals surface area contributed by atoms with Crippen LogP contribution < -0.4 is 16.2 Å². The summed E-state index contributed by atoms with van der Waals surface area (Å²) >= 11 is 0. The van der Waals surface area contributed by atoms with Gasteiger partial charge in [-0.25, -0.2) is 5.84 Å². The Kier molecular flexibility index (Phi) is 5.94. The van der Waals surface area contributed by atoms with Gasteiger partial charge in [0.2, 0.25) is 0 Å². The monoisotopic (exact) mass is 373 g/mol. The van der Waals surface area contributed by atoms with Gasteiger partial charge in [-0.15, -0.1) is 0 Å². The molecule has 1 unspecified atom stereocenters. The zero-order valence-corrected chi connectivity index (χ0v) is 15.0. The van der Waals surface area contributed by atoms with Gasteiger partial charge >= 0.3 is 11.8 Å². The van der Waals surface area contributed by atoms with Crippen LogP contribution >= 0.6 is 0 Å². The number of carbonyl (C=O) groups excluding carboxylic acids is 3. The molecule has 0 aromatic heterocycles. The lowest BCUT2D eigenvalue weighted by atomic mass is 9.95. The second-order valence-corrected chi connectivity index (χ2v) is 6.03. The van der Waals surface area contributed by atoms with Crippen molar-refractivity contribution < 1.29 is 14.4 Å². The van der Waals surface area contributed by atoms with Gasteiger partial charge in [-0.3, -0.25) is 24.7 Å². The number of anilines is 1. The number of nitrogens with zero attached hydrogens (tertiary/aromatic N) is 1. The summed E-state index contributed by atoms with van der Waals surface area (Å²) in [6.07, 6.45) is 0. The minimum atomic E-state index is -1.03. The van der Waals surface area contributed by atoms with Crippen LogP contribution in [-0.2, 0) is 9.59 Å². The Morgan fingerprint density at radius 3 is 1.79 bits per heavy atom. The smallest absolute Gasteiger partial charge is 0.291 e. The summed E-state index contributed by atoms with van der Waals surface area (Å²) in [7, 11) is 0. The molecule has 0 aliphatic rings. The molecule has 0 bridgehead atoms. The average molecular weight is 373 g/mol. The first-order valence-corrected chi connectivity index (χ1v) is 8.67. The van der Waals surface area contributed by atoms with Gasteiger partial charge in [0.05, 0.1) is 0 Å². The maximum absolute atomic E-state index is 13.4. The van der Waals surface area contributed by atoms with Crippen LogP contribution in [0.25, 0.3) is 0 Å². The van der Waals surface area contributed by atoms with E-state index in [1.807, 2.05) is 11.5 Å². The highest BCUT2D eigenvalue weighted by atomic mass is 16.2. The predicted molar refractivity (Wildman–Crippen MR) is 106 cm³/mol. The van der Waals surface area contributed by atoms with E-state index in [9.17, 15) is 14.4 Å². The Morgan fingerprint density at radius 1 is 0.750 bits per heavy atom. The van der Waals surface area contributed by atoms with Crippen LogP contribution in [0.2, 0.25) is 0 Å². The number of nitrogens with two attached hydrogens (primary N) is 1. The first-order valence-electron chi connectivity index (χ1n) is 8.67. The van der Waals surface area contributed by atoms with E-state index in [0.29, 0.717) is 16.8 Å². The number of hydrogen-bond donors (Lipinski definition) is 2. The second-order valence-electron chi connectivity index (χ2n) is 6.03. The number of hydrogen-bond acceptors (Lipinski definition) is 4. The van der Waals surface area contributed by atoms with Crippen molar-refractivity contribution in [3.63, 3.8) is 0 Å². The van der Waals surface area contributed by atoms with Gasteiger partial charge in [-0.1, -0.05) is 78.9 Å². The summed E-state index contributed by atoms with van der Waals surface area (Å²) in [5.41, 5.74) is 3.28. The normalized spacial score (nSPS) is 11.3. The van der Waals surface area contributed by atoms with Gasteiger partial charge in [0, 0.05) is 11.3 Å². The maximum Gasteiger partial charge on any atom is 0.323 e. The molecule has 0 saturated carbocycles. The number of rotatable bonds is 5. The van der Waals surface area contributed by atoms with E-state index in [1.165, 1.54) is 4.90 Å². The lowest BCUT2D eigenvalue weighted by Crippen LogP contribution is -2.48. The molecule has 0 fully saturated rings. The van der Waals surface area contributed by atoms with Crippen LogP contribution in [0.3, 0.4) is 0 Å². The van der Waals surface area contributed by atoms with Crippen molar-refractivity contribution in [2.45, 2.75) is 6.04 Å². The van der Waals surface area contributed by atoms with Crippen molar-refractivity contribution in [1.82, 2.24) is 5.43 Å². The Bertz CT molecular complexity index is 960. The Morgan fingerprint density at radius 2 is 1.25 bits per heavy atom. The largest absolute Gasteiger partial charge is 0.323 e. The molecule has 3 aromatic carbocycles. The van der Waals surface area contributed by atoms with Crippen LogP contribution in [-0.4, -0.2) is 17.6 Å². The molecule has 140 valence electrons. The number of benzene rings is 3. The molecule has 0 aliphatic heterocycles. The molecule has 3 N–H and O–H groups in total. The molecule has 0 aliphatic carbocycles. The molecular formula is C22H19N3O3. The van der Waals surface area contributed by atoms with Crippen molar-refractivity contribution in [3.8, 4) is 0 Å². The summed E-state index contributed by atoms with van der Waals surface area (Å²) in [6, 6.07) is 25.0. The van der Waals surface area contributed by atoms with E-state index >= 15 is 0 Å². The molecule has 1 atom stereocenters. The van der Waals surface area contributed by atoms with Crippen LogP contribution in [0.1, 0.15) is 22.0 Å². The average Bonchev–Trinajstić information content (AvgIpc) is 2.77. The van der Waals surface area contributed by atoms with E-state index in [4.69, 9.17) is 5.84 Å². The number of Topliss-reactive ketones (excluding diaryl/α,β-unsaturated/α-hetero) is 1. The number of ketones is 1. The van der Waals surface area contributed by atoms with Crippen molar-refractivity contribution >= 4 is 23.3 Å². The first-order chi connectivity index (χ1) is 13.6. The van der Waals surface area contributed by atoms with Crippen molar-refractivity contribution in [3.05, 3.63) is 102 Å². The number of carbonyl (C=O) groups is 3. The molecule has 0 spiro atoms. The molecule has 0 heterocycles. The summed E-state index contributed by atoms with van der Waals surface area (Å²) < 4.78 is 0. The minimum Gasteiger partial charge on any atom is -0.291 e. The fourth-order valence-corrected chi connectivity index (χ4v) is 2.96. The van der Waals surface area contributed by atoms with Gasteiger partial charge in [-0.05, 0) is 17.7 Å². The molecule has 3 rings (SSSR count). The molecule has 2 amide bonds. The fourth-order valence-electron chi connectivity index (χ4n) is 2.96. The van der Waals surface area contributed by atoms with Crippen LogP contribution in [0.4, 0.5) is 5.69 Å². The summed E-state index contributed by atoms with van der Waals surface area (Å²) in [6.45, 7) is 0. The van der Waals surface area contributed by atoms with Gasteiger partial charge in [0.25, 0.3) is 0 Å². The summed E-state index contributed by atoms with van der Waals surface area (Å²) in [4.78, 5) is 39.6. The number of para-hydroxylation sites is 1. The topological polar surface area (TPSA) is 92.5 Å². The van der Waals surface area contributed by atoms with Crippen molar-refractivity contribution in [1.29, 1.82) is 0 Å².